The molecule has 0 N–H and O–H groups in total. The monoisotopic (exact) mass is 420 g/mol. The Labute approximate surface area is 136 Å². The molecule has 0 aliphatic heterocycles. The minimum absolute atomic E-state index is 0.0911. The summed E-state index contributed by atoms with van der Waals surface area (Å²) in [6.07, 6.45) is -4.66. The van der Waals surface area contributed by atoms with Gasteiger partial charge in [-0.2, -0.15) is 13.2 Å². The lowest BCUT2D eigenvalue weighted by Crippen LogP contribution is -2.14. The van der Waals surface area contributed by atoms with Crippen LogP contribution in [0, 0.1) is 0 Å². The second-order valence-electron chi connectivity index (χ2n) is 4.38. The Morgan fingerprint density at radius 1 is 1.05 bits per heavy atom. The fraction of sp³-hybridized carbons (Fsp3) is 0.133. The van der Waals surface area contributed by atoms with Crippen molar-refractivity contribution in [2.75, 3.05) is 0 Å². The number of benzene rings is 2. The fourth-order valence-electron chi connectivity index (χ4n) is 1.90. The Bertz CT molecular complexity index is 681. The summed E-state index contributed by atoms with van der Waals surface area (Å²) >= 11 is 6.28. The number of carbonyl (C=O) groups is 1. The Morgan fingerprint density at radius 2 is 1.71 bits per heavy atom. The van der Waals surface area contributed by atoms with Gasteiger partial charge in [-0.1, -0.05) is 50.1 Å². The number of halogens is 5. The normalized spacial score (nSPS) is 11.5. The number of Topliss-reactive ketones (excluding diaryl/α,β-unsaturated/α-hetero) is 1. The number of ketones is 1. The van der Waals surface area contributed by atoms with E-state index in [9.17, 15) is 18.0 Å². The van der Waals surface area contributed by atoms with Crippen molar-refractivity contribution in [1.82, 2.24) is 0 Å². The third-order valence-electron chi connectivity index (χ3n) is 2.90. The SMILES string of the molecule is O=C(Cc1ccccc1Br)c1ccc(Br)cc1C(F)(F)F. The summed E-state index contributed by atoms with van der Waals surface area (Å²) in [6.45, 7) is 0. The summed E-state index contributed by atoms with van der Waals surface area (Å²) in [7, 11) is 0. The standard InChI is InChI=1S/C15H9Br2F3O/c16-10-5-6-11(12(8-10)15(18,19)20)14(21)7-9-3-1-2-4-13(9)17/h1-6,8H,7H2. The number of hydrogen-bond acceptors (Lipinski definition) is 1. The lowest BCUT2D eigenvalue weighted by molar-refractivity contribution is -0.138. The van der Waals surface area contributed by atoms with E-state index in [1.54, 1.807) is 24.3 Å². The zero-order chi connectivity index (χ0) is 15.6. The van der Waals surface area contributed by atoms with Crippen LogP contribution in [0.25, 0.3) is 0 Å². The highest BCUT2D eigenvalue weighted by molar-refractivity contribution is 9.10. The van der Waals surface area contributed by atoms with Crippen molar-refractivity contribution in [3.05, 3.63) is 68.1 Å². The number of carbonyl (C=O) groups excluding carboxylic acids is 1. The molecule has 0 saturated heterocycles. The van der Waals surface area contributed by atoms with Crippen LogP contribution in [0.3, 0.4) is 0 Å². The van der Waals surface area contributed by atoms with Crippen molar-refractivity contribution in [2.45, 2.75) is 12.6 Å². The Hall–Kier alpha value is -1.14. The maximum absolute atomic E-state index is 13.0. The van der Waals surface area contributed by atoms with Gasteiger partial charge in [-0.15, -0.1) is 0 Å². The molecule has 0 atom stereocenters. The molecule has 2 rings (SSSR count). The predicted molar refractivity (Wildman–Crippen MR) is 81.3 cm³/mol. The summed E-state index contributed by atoms with van der Waals surface area (Å²) < 4.78 is 40.1. The number of alkyl halides is 3. The predicted octanol–water partition coefficient (Wildman–Crippen LogP) is 5.66. The van der Waals surface area contributed by atoms with Crippen LogP contribution in [-0.4, -0.2) is 5.78 Å². The molecule has 0 aliphatic rings. The molecule has 0 aromatic heterocycles. The molecule has 2 aromatic rings. The average Bonchev–Trinajstić information content (AvgIpc) is 2.40. The third kappa shape index (κ3) is 3.95. The quantitative estimate of drug-likeness (QED) is 0.584. The largest absolute Gasteiger partial charge is 0.417 e. The van der Waals surface area contributed by atoms with Gasteiger partial charge in [0.15, 0.2) is 5.78 Å². The molecular weight excluding hydrogens is 413 g/mol. The average molecular weight is 422 g/mol. The van der Waals surface area contributed by atoms with E-state index in [0.29, 0.717) is 10.0 Å². The zero-order valence-corrected chi connectivity index (χ0v) is 13.7. The van der Waals surface area contributed by atoms with E-state index in [0.717, 1.165) is 6.07 Å². The molecule has 2 aromatic carbocycles. The molecule has 1 nitrogen and oxygen atoms in total. The van der Waals surface area contributed by atoms with Gasteiger partial charge in [0, 0.05) is 20.9 Å². The van der Waals surface area contributed by atoms with Gasteiger partial charge in [-0.3, -0.25) is 4.79 Å². The summed E-state index contributed by atoms with van der Waals surface area (Å²) in [5, 5.41) is 0. The maximum atomic E-state index is 13.0. The highest BCUT2D eigenvalue weighted by Crippen LogP contribution is 2.34. The number of rotatable bonds is 3. The van der Waals surface area contributed by atoms with Crippen LogP contribution in [0.4, 0.5) is 13.2 Å². The van der Waals surface area contributed by atoms with Crippen LogP contribution in [0.15, 0.2) is 51.4 Å². The van der Waals surface area contributed by atoms with Gasteiger partial charge in [-0.05, 0) is 29.8 Å². The molecule has 0 amide bonds. The maximum Gasteiger partial charge on any atom is 0.417 e. The Kier molecular flexibility index (Phi) is 4.88. The van der Waals surface area contributed by atoms with Gasteiger partial charge in [0.1, 0.15) is 0 Å². The second-order valence-corrected chi connectivity index (χ2v) is 6.15. The molecule has 110 valence electrons. The van der Waals surface area contributed by atoms with Gasteiger partial charge in [0.2, 0.25) is 0 Å². The topological polar surface area (TPSA) is 17.1 Å². The molecule has 0 saturated carbocycles. The smallest absolute Gasteiger partial charge is 0.294 e. The van der Waals surface area contributed by atoms with Crippen molar-refractivity contribution in [3.8, 4) is 0 Å². The Morgan fingerprint density at radius 3 is 2.33 bits per heavy atom. The van der Waals surface area contributed by atoms with Crippen LogP contribution < -0.4 is 0 Å². The summed E-state index contributed by atoms with van der Waals surface area (Å²) in [4.78, 5) is 12.2. The van der Waals surface area contributed by atoms with Crippen LogP contribution >= 0.6 is 31.9 Å². The van der Waals surface area contributed by atoms with Crippen LogP contribution in [0.2, 0.25) is 0 Å². The highest BCUT2D eigenvalue weighted by Gasteiger charge is 2.35. The van der Waals surface area contributed by atoms with Crippen molar-refractivity contribution in [2.24, 2.45) is 0 Å². The van der Waals surface area contributed by atoms with E-state index in [2.05, 4.69) is 31.9 Å². The van der Waals surface area contributed by atoms with E-state index >= 15 is 0 Å². The molecule has 0 heterocycles. The Balaban J connectivity index is 2.38. The van der Waals surface area contributed by atoms with Gasteiger partial charge in [-0.25, -0.2) is 0 Å². The molecule has 6 heteroatoms. The van der Waals surface area contributed by atoms with Crippen molar-refractivity contribution in [1.29, 1.82) is 0 Å². The molecule has 0 unspecified atom stereocenters. The first-order chi connectivity index (χ1) is 9.79. The van der Waals surface area contributed by atoms with Crippen LogP contribution in [0.1, 0.15) is 21.5 Å². The lowest BCUT2D eigenvalue weighted by atomic mass is 9.98. The summed E-state index contributed by atoms with van der Waals surface area (Å²) in [6, 6.07) is 10.5. The van der Waals surface area contributed by atoms with Gasteiger partial charge in [0.25, 0.3) is 0 Å². The summed E-state index contributed by atoms with van der Waals surface area (Å²) in [5.41, 5.74) is -0.589. The zero-order valence-electron chi connectivity index (χ0n) is 10.5. The van der Waals surface area contributed by atoms with Crippen LogP contribution in [0.5, 0.6) is 0 Å². The van der Waals surface area contributed by atoms with E-state index in [-0.39, 0.29) is 16.5 Å². The molecule has 0 bridgehead atoms. The summed E-state index contributed by atoms with van der Waals surface area (Å²) in [5.74, 6) is -0.568. The lowest BCUT2D eigenvalue weighted by Gasteiger charge is -2.13. The first-order valence-corrected chi connectivity index (χ1v) is 7.51. The van der Waals surface area contributed by atoms with Gasteiger partial charge in [0.05, 0.1) is 5.56 Å². The van der Waals surface area contributed by atoms with Gasteiger partial charge < -0.3 is 0 Å². The molecule has 0 aliphatic carbocycles. The minimum Gasteiger partial charge on any atom is -0.294 e. The van der Waals surface area contributed by atoms with Crippen molar-refractivity contribution in [3.63, 3.8) is 0 Å². The van der Waals surface area contributed by atoms with Crippen molar-refractivity contribution < 1.29 is 18.0 Å². The second kappa shape index (κ2) is 6.32. The van der Waals surface area contributed by atoms with E-state index < -0.39 is 17.5 Å². The van der Waals surface area contributed by atoms with E-state index in [1.807, 2.05) is 0 Å². The molecule has 0 fully saturated rings. The third-order valence-corrected chi connectivity index (χ3v) is 4.16. The van der Waals surface area contributed by atoms with Crippen LogP contribution in [-0.2, 0) is 12.6 Å². The van der Waals surface area contributed by atoms with Gasteiger partial charge >= 0.3 is 6.18 Å². The molecule has 0 radical (unpaired) electrons. The first-order valence-electron chi connectivity index (χ1n) is 5.92. The van der Waals surface area contributed by atoms with E-state index in [1.165, 1.54) is 12.1 Å². The molecular formula is C15H9Br2F3O. The fourth-order valence-corrected chi connectivity index (χ4v) is 2.69. The molecule has 21 heavy (non-hydrogen) atoms. The molecule has 0 spiro atoms. The highest BCUT2D eigenvalue weighted by atomic mass is 79.9. The first kappa shape index (κ1) is 16.2. The number of hydrogen-bond donors (Lipinski definition) is 0. The van der Waals surface area contributed by atoms with E-state index in [4.69, 9.17) is 0 Å². The van der Waals surface area contributed by atoms with Crippen molar-refractivity contribution >= 4 is 37.6 Å². The minimum atomic E-state index is -4.57.